The molecule has 0 N–H and O–H groups in total. The van der Waals surface area contributed by atoms with Crippen LogP contribution >= 0.6 is 11.8 Å². The van der Waals surface area contributed by atoms with Gasteiger partial charge in [-0.2, -0.15) is 11.8 Å². The van der Waals surface area contributed by atoms with Crippen molar-refractivity contribution in [1.29, 1.82) is 0 Å². The lowest BCUT2D eigenvalue weighted by atomic mass is 10.1. The Balaban J connectivity index is 1.79. The predicted octanol–water partition coefficient (Wildman–Crippen LogP) is 2.62. The largest absolute Gasteiger partial charge is 0.294 e. The van der Waals surface area contributed by atoms with Gasteiger partial charge in [0.1, 0.15) is 0 Å². The summed E-state index contributed by atoms with van der Waals surface area (Å²) >= 11 is 1.98. The molecule has 0 bridgehead atoms. The average Bonchev–Trinajstić information content (AvgIpc) is 2.72. The van der Waals surface area contributed by atoms with E-state index in [2.05, 4.69) is 0 Å². The zero-order valence-electron chi connectivity index (χ0n) is 7.85. The second kappa shape index (κ2) is 3.13. The van der Waals surface area contributed by atoms with Crippen LogP contribution in [0.25, 0.3) is 0 Å². The van der Waals surface area contributed by atoms with Crippen LogP contribution in [-0.4, -0.2) is 16.8 Å². The fourth-order valence-corrected chi connectivity index (χ4v) is 4.07. The molecule has 0 unspecified atom stereocenters. The van der Waals surface area contributed by atoms with E-state index in [-0.39, 0.29) is 0 Å². The first-order chi connectivity index (χ1) is 6.88. The standard InChI is InChI=1S/C12H12OS/c13-11(8-4-2-1-3-5-8)10-9-6-7-14-12(9)10/h1-5,9-10,12H,6-7H2/t9-,10+,12-/m1/s1. The molecule has 0 radical (unpaired) electrons. The third kappa shape index (κ3) is 1.21. The van der Waals surface area contributed by atoms with Gasteiger partial charge in [0.15, 0.2) is 5.78 Å². The highest BCUT2D eigenvalue weighted by molar-refractivity contribution is 8.00. The third-order valence-corrected chi connectivity index (χ3v) is 4.72. The number of carbonyl (C=O) groups excluding carboxylic acids is 1. The lowest BCUT2D eigenvalue weighted by Crippen LogP contribution is -2.06. The van der Waals surface area contributed by atoms with Crippen molar-refractivity contribution < 1.29 is 4.79 Å². The molecule has 0 spiro atoms. The molecule has 1 heterocycles. The molecule has 2 aliphatic rings. The number of carbonyl (C=O) groups is 1. The molecule has 0 aromatic heterocycles. The molecule has 1 aromatic carbocycles. The Hall–Kier alpha value is -0.760. The summed E-state index contributed by atoms with van der Waals surface area (Å²) in [5.41, 5.74) is 0.896. The van der Waals surface area contributed by atoms with Gasteiger partial charge < -0.3 is 0 Å². The minimum Gasteiger partial charge on any atom is -0.294 e. The van der Waals surface area contributed by atoms with E-state index in [1.165, 1.54) is 12.2 Å². The molecule has 1 nitrogen and oxygen atoms in total. The van der Waals surface area contributed by atoms with Crippen LogP contribution in [0.15, 0.2) is 30.3 Å². The van der Waals surface area contributed by atoms with Crippen LogP contribution in [0.1, 0.15) is 16.8 Å². The molecular formula is C12H12OS. The second-order valence-corrected chi connectivity index (χ2v) is 5.33. The van der Waals surface area contributed by atoms with Crippen molar-refractivity contribution in [3.63, 3.8) is 0 Å². The molecule has 3 rings (SSSR count). The average molecular weight is 204 g/mol. The molecule has 1 saturated heterocycles. The maximum Gasteiger partial charge on any atom is 0.167 e. The summed E-state index contributed by atoms with van der Waals surface area (Å²) in [6.45, 7) is 0. The van der Waals surface area contributed by atoms with Crippen molar-refractivity contribution in [2.75, 3.05) is 5.75 Å². The first kappa shape index (κ1) is 8.54. The fourth-order valence-electron chi connectivity index (χ4n) is 2.39. The Kier molecular flexibility index (Phi) is 1.91. The quantitative estimate of drug-likeness (QED) is 0.689. The van der Waals surface area contributed by atoms with Crippen LogP contribution < -0.4 is 0 Å². The van der Waals surface area contributed by atoms with Crippen LogP contribution in [0, 0.1) is 11.8 Å². The highest BCUT2D eigenvalue weighted by Gasteiger charge is 2.57. The summed E-state index contributed by atoms with van der Waals surface area (Å²) in [4.78, 5) is 12.0. The summed E-state index contributed by atoms with van der Waals surface area (Å²) < 4.78 is 0. The van der Waals surface area contributed by atoms with E-state index < -0.39 is 0 Å². The first-order valence-corrected chi connectivity index (χ1v) is 6.13. The van der Waals surface area contributed by atoms with Gasteiger partial charge in [-0.25, -0.2) is 0 Å². The van der Waals surface area contributed by atoms with E-state index in [0.29, 0.717) is 22.9 Å². The summed E-state index contributed by atoms with van der Waals surface area (Å²) in [5, 5.41) is 0.655. The molecule has 72 valence electrons. The van der Waals surface area contributed by atoms with Gasteiger partial charge in [-0.05, 0) is 18.1 Å². The summed E-state index contributed by atoms with van der Waals surface area (Å²) in [6.07, 6.45) is 1.25. The van der Waals surface area contributed by atoms with E-state index in [9.17, 15) is 4.79 Å². The normalized spacial score (nSPS) is 33.9. The van der Waals surface area contributed by atoms with Crippen molar-refractivity contribution in [2.24, 2.45) is 11.8 Å². The number of hydrogen-bond donors (Lipinski definition) is 0. The minimum absolute atomic E-state index is 0.344. The van der Waals surface area contributed by atoms with Crippen molar-refractivity contribution in [3.05, 3.63) is 35.9 Å². The zero-order chi connectivity index (χ0) is 9.54. The summed E-state index contributed by atoms with van der Waals surface area (Å²) in [5.74, 6) is 2.67. The van der Waals surface area contributed by atoms with Crippen LogP contribution in [0.3, 0.4) is 0 Å². The van der Waals surface area contributed by atoms with Gasteiger partial charge >= 0.3 is 0 Å². The van der Waals surface area contributed by atoms with Crippen molar-refractivity contribution >= 4 is 17.5 Å². The Morgan fingerprint density at radius 2 is 2.07 bits per heavy atom. The number of fused-ring (bicyclic) bond motifs is 1. The molecule has 1 aliphatic heterocycles. The maximum atomic E-state index is 12.0. The zero-order valence-corrected chi connectivity index (χ0v) is 8.67. The van der Waals surface area contributed by atoms with Gasteiger partial charge in [-0.15, -0.1) is 0 Å². The number of hydrogen-bond acceptors (Lipinski definition) is 2. The smallest absolute Gasteiger partial charge is 0.167 e. The van der Waals surface area contributed by atoms with Gasteiger partial charge in [0, 0.05) is 16.7 Å². The Bertz CT molecular complexity index is 350. The molecule has 2 fully saturated rings. The van der Waals surface area contributed by atoms with Crippen molar-refractivity contribution in [2.45, 2.75) is 11.7 Å². The molecule has 1 aliphatic carbocycles. The molecule has 3 atom stereocenters. The molecule has 0 amide bonds. The fraction of sp³-hybridized carbons (Fsp3) is 0.417. The highest BCUT2D eigenvalue weighted by Crippen LogP contribution is 2.57. The number of Topliss-reactive ketones (excluding diaryl/α,β-unsaturated/α-hetero) is 1. The Morgan fingerprint density at radius 3 is 2.71 bits per heavy atom. The van der Waals surface area contributed by atoms with E-state index in [4.69, 9.17) is 0 Å². The van der Waals surface area contributed by atoms with Gasteiger partial charge in [-0.3, -0.25) is 4.79 Å². The molecule has 14 heavy (non-hydrogen) atoms. The molecule has 2 heteroatoms. The van der Waals surface area contributed by atoms with E-state index >= 15 is 0 Å². The van der Waals surface area contributed by atoms with Crippen LogP contribution in [0.2, 0.25) is 0 Å². The predicted molar refractivity (Wildman–Crippen MR) is 58.6 cm³/mol. The van der Waals surface area contributed by atoms with Crippen molar-refractivity contribution in [3.8, 4) is 0 Å². The number of ketones is 1. The maximum absolute atomic E-state index is 12.0. The molecule has 1 saturated carbocycles. The van der Waals surface area contributed by atoms with Crippen LogP contribution in [0.4, 0.5) is 0 Å². The Morgan fingerprint density at radius 1 is 1.29 bits per heavy atom. The van der Waals surface area contributed by atoms with Gasteiger partial charge in [0.05, 0.1) is 0 Å². The monoisotopic (exact) mass is 204 g/mol. The topological polar surface area (TPSA) is 17.1 Å². The SMILES string of the molecule is O=C(c1ccccc1)[C@@H]1[C@H]2CCS[C@H]21. The number of thioether (sulfide) groups is 1. The first-order valence-electron chi connectivity index (χ1n) is 5.09. The molecule has 1 aromatic rings. The van der Waals surface area contributed by atoms with Gasteiger partial charge in [0.2, 0.25) is 0 Å². The number of benzene rings is 1. The minimum atomic E-state index is 0.344. The number of rotatable bonds is 2. The van der Waals surface area contributed by atoms with Crippen molar-refractivity contribution in [1.82, 2.24) is 0 Å². The third-order valence-electron chi connectivity index (χ3n) is 3.22. The Labute approximate surface area is 87.9 Å². The van der Waals surface area contributed by atoms with Gasteiger partial charge in [0.25, 0.3) is 0 Å². The highest BCUT2D eigenvalue weighted by atomic mass is 32.2. The van der Waals surface area contributed by atoms with Gasteiger partial charge in [-0.1, -0.05) is 30.3 Å². The lowest BCUT2D eigenvalue weighted by molar-refractivity contribution is 0.0961. The summed E-state index contributed by atoms with van der Waals surface area (Å²) in [7, 11) is 0. The van der Waals surface area contributed by atoms with E-state index in [1.807, 2.05) is 42.1 Å². The van der Waals surface area contributed by atoms with Crippen LogP contribution in [-0.2, 0) is 0 Å². The lowest BCUT2D eigenvalue weighted by Gasteiger charge is -2.01. The van der Waals surface area contributed by atoms with E-state index in [1.54, 1.807) is 0 Å². The van der Waals surface area contributed by atoms with Crippen LogP contribution in [0.5, 0.6) is 0 Å². The van der Waals surface area contributed by atoms with E-state index in [0.717, 1.165) is 5.56 Å². The summed E-state index contributed by atoms with van der Waals surface area (Å²) in [6, 6.07) is 9.71. The second-order valence-electron chi connectivity index (χ2n) is 4.04. The molecular weight excluding hydrogens is 192 g/mol.